The molecule has 33 heavy (non-hydrogen) atoms. The van der Waals surface area contributed by atoms with E-state index >= 15 is 0 Å². The number of hydrogen-bond donors (Lipinski definition) is 1. The lowest BCUT2D eigenvalue weighted by atomic mass is 10.1. The number of carbonyl (C=O) groups is 3. The molecule has 3 aromatic carbocycles. The summed E-state index contributed by atoms with van der Waals surface area (Å²) >= 11 is 0. The number of amides is 3. The van der Waals surface area contributed by atoms with Crippen LogP contribution in [-0.4, -0.2) is 37.9 Å². The first kappa shape index (κ1) is 22.3. The number of para-hydroxylation sites is 1. The van der Waals surface area contributed by atoms with E-state index in [9.17, 15) is 14.4 Å². The fraction of sp³-hybridized carbons (Fsp3) is 0.222. The number of benzene rings is 3. The quantitative estimate of drug-likeness (QED) is 0.437. The van der Waals surface area contributed by atoms with Crippen LogP contribution in [0.15, 0.2) is 66.7 Å². The monoisotopic (exact) mass is 441 g/mol. The Labute approximate surface area is 193 Å². The molecule has 0 aliphatic carbocycles. The summed E-state index contributed by atoms with van der Waals surface area (Å²) in [5.74, 6) is -1.02. The number of rotatable bonds is 7. The van der Waals surface area contributed by atoms with Gasteiger partial charge in [0.2, 0.25) is 0 Å². The van der Waals surface area contributed by atoms with Crippen molar-refractivity contribution < 1.29 is 14.4 Å². The molecule has 0 aromatic heterocycles. The summed E-state index contributed by atoms with van der Waals surface area (Å²) in [6.07, 6.45) is 0.778. The highest BCUT2D eigenvalue weighted by Gasteiger charge is 2.37. The van der Waals surface area contributed by atoms with Crippen LogP contribution in [0.4, 0.5) is 11.4 Å². The third kappa shape index (κ3) is 4.51. The van der Waals surface area contributed by atoms with E-state index < -0.39 is 5.91 Å². The smallest absolute Gasteiger partial charge is 0.266 e. The van der Waals surface area contributed by atoms with Crippen molar-refractivity contribution in [1.82, 2.24) is 5.32 Å². The predicted molar refractivity (Wildman–Crippen MR) is 130 cm³/mol. The number of fused-ring (bicyclic) bond motifs is 1. The number of carbonyl (C=O) groups excluding carboxylic acids is 3. The van der Waals surface area contributed by atoms with E-state index in [1.807, 2.05) is 69.4 Å². The Kier molecular flexibility index (Phi) is 6.27. The van der Waals surface area contributed by atoms with Gasteiger partial charge in [-0.2, -0.15) is 0 Å². The van der Waals surface area contributed by atoms with Crippen LogP contribution in [0.2, 0.25) is 0 Å². The zero-order chi connectivity index (χ0) is 23.5. The summed E-state index contributed by atoms with van der Waals surface area (Å²) in [5.41, 5.74) is 4.46. The molecule has 6 heteroatoms. The molecule has 3 aromatic rings. The molecule has 1 aliphatic heterocycles. The first-order chi connectivity index (χ1) is 15.9. The van der Waals surface area contributed by atoms with Crippen LogP contribution >= 0.6 is 0 Å². The maximum Gasteiger partial charge on any atom is 0.266 e. The van der Waals surface area contributed by atoms with Crippen LogP contribution in [0.1, 0.15) is 48.6 Å². The summed E-state index contributed by atoms with van der Waals surface area (Å²) in [6.45, 7) is 5.09. The zero-order valence-corrected chi connectivity index (χ0v) is 19.1. The molecule has 0 radical (unpaired) electrons. The lowest BCUT2D eigenvalue weighted by molar-refractivity contribution is 0.0923. The number of imide groups is 1. The molecule has 0 fully saturated rings. The van der Waals surface area contributed by atoms with Gasteiger partial charge >= 0.3 is 0 Å². The standard InChI is InChI=1S/C27H27N3O3/c1-18-10-11-19(2)24(16-18)30-26(32)22-13-12-20(17-23(22)27(30)33)25(31)28-14-7-15-29(3)21-8-5-4-6-9-21/h4-6,8-13,16-17H,7,14-15H2,1-3H3,(H,28,31). The average Bonchev–Trinajstić information content (AvgIpc) is 3.08. The highest BCUT2D eigenvalue weighted by atomic mass is 16.2. The highest BCUT2D eigenvalue weighted by molar-refractivity contribution is 6.35. The van der Waals surface area contributed by atoms with E-state index in [1.54, 1.807) is 12.1 Å². The zero-order valence-electron chi connectivity index (χ0n) is 19.1. The second-order valence-corrected chi connectivity index (χ2v) is 8.36. The van der Waals surface area contributed by atoms with Gasteiger partial charge in [-0.25, -0.2) is 4.90 Å². The van der Waals surface area contributed by atoms with Crippen molar-refractivity contribution in [3.63, 3.8) is 0 Å². The van der Waals surface area contributed by atoms with Gasteiger partial charge in [0.05, 0.1) is 16.8 Å². The van der Waals surface area contributed by atoms with Crippen LogP contribution in [0.25, 0.3) is 0 Å². The van der Waals surface area contributed by atoms with Crippen molar-refractivity contribution in [3.8, 4) is 0 Å². The number of aryl methyl sites for hydroxylation is 2. The van der Waals surface area contributed by atoms with E-state index in [2.05, 4.69) is 10.2 Å². The van der Waals surface area contributed by atoms with Crippen molar-refractivity contribution in [2.45, 2.75) is 20.3 Å². The first-order valence-corrected chi connectivity index (χ1v) is 11.0. The summed E-state index contributed by atoms with van der Waals surface area (Å²) in [5, 5.41) is 2.91. The molecule has 0 unspecified atom stereocenters. The van der Waals surface area contributed by atoms with Crippen molar-refractivity contribution in [2.24, 2.45) is 0 Å². The molecule has 6 nitrogen and oxygen atoms in total. The lowest BCUT2D eigenvalue weighted by Crippen LogP contribution is -2.30. The van der Waals surface area contributed by atoms with Crippen LogP contribution < -0.4 is 15.1 Å². The first-order valence-electron chi connectivity index (χ1n) is 11.0. The van der Waals surface area contributed by atoms with Gasteiger partial charge in [-0.1, -0.05) is 30.3 Å². The Hall–Kier alpha value is -3.93. The van der Waals surface area contributed by atoms with Crippen LogP contribution in [-0.2, 0) is 0 Å². The average molecular weight is 442 g/mol. The van der Waals surface area contributed by atoms with Gasteiger partial charge in [-0.15, -0.1) is 0 Å². The second-order valence-electron chi connectivity index (χ2n) is 8.36. The fourth-order valence-electron chi connectivity index (χ4n) is 3.99. The van der Waals surface area contributed by atoms with Crippen molar-refractivity contribution in [3.05, 3.63) is 94.5 Å². The van der Waals surface area contributed by atoms with Crippen molar-refractivity contribution in [2.75, 3.05) is 29.9 Å². The molecule has 4 rings (SSSR count). The maximum atomic E-state index is 13.1. The van der Waals surface area contributed by atoms with E-state index in [4.69, 9.17) is 0 Å². The number of nitrogens with one attached hydrogen (secondary N) is 1. The normalized spacial score (nSPS) is 12.6. The fourth-order valence-corrected chi connectivity index (χ4v) is 3.99. The Bertz CT molecular complexity index is 1220. The predicted octanol–water partition coefficient (Wildman–Crippen LogP) is 4.36. The molecular formula is C27H27N3O3. The third-order valence-electron chi connectivity index (χ3n) is 5.91. The van der Waals surface area contributed by atoms with Crippen LogP contribution in [0.3, 0.4) is 0 Å². The maximum absolute atomic E-state index is 13.1. The van der Waals surface area contributed by atoms with Gasteiger partial charge in [0.25, 0.3) is 17.7 Å². The van der Waals surface area contributed by atoms with Gasteiger partial charge in [-0.05, 0) is 67.8 Å². The number of anilines is 2. The largest absolute Gasteiger partial charge is 0.375 e. The molecule has 1 aliphatic rings. The highest BCUT2D eigenvalue weighted by Crippen LogP contribution is 2.31. The van der Waals surface area contributed by atoms with Gasteiger partial charge in [-0.3, -0.25) is 14.4 Å². The van der Waals surface area contributed by atoms with Gasteiger partial charge in [0, 0.05) is 31.4 Å². The van der Waals surface area contributed by atoms with E-state index in [0.29, 0.717) is 23.4 Å². The Balaban J connectivity index is 1.41. The Morgan fingerprint density at radius 3 is 2.39 bits per heavy atom. The minimum atomic E-state index is -0.400. The van der Waals surface area contributed by atoms with E-state index in [-0.39, 0.29) is 17.4 Å². The van der Waals surface area contributed by atoms with Crippen LogP contribution in [0.5, 0.6) is 0 Å². The summed E-state index contributed by atoms with van der Waals surface area (Å²) in [7, 11) is 2.02. The van der Waals surface area contributed by atoms with Gasteiger partial charge in [0.1, 0.15) is 0 Å². The second kappa shape index (κ2) is 9.28. The minimum Gasteiger partial charge on any atom is -0.375 e. The van der Waals surface area contributed by atoms with E-state index in [0.717, 1.165) is 29.8 Å². The molecule has 168 valence electrons. The van der Waals surface area contributed by atoms with Crippen molar-refractivity contribution >= 4 is 29.1 Å². The summed E-state index contributed by atoms with van der Waals surface area (Å²) < 4.78 is 0. The molecular weight excluding hydrogens is 414 g/mol. The molecule has 0 spiro atoms. The Morgan fingerprint density at radius 1 is 0.909 bits per heavy atom. The molecule has 0 bridgehead atoms. The Morgan fingerprint density at radius 2 is 1.64 bits per heavy atom. The van der Waals surface area contributed by atoms with E-state index in [1.165, 1.54) is 11.0 Å². The molecule has 0 saturated heterocycles. The molecule has 1 N–H and O–H groups in total. The molecule has 0 atom stereocenters. The summed E-state index contributed by atoms with van der Waals surface area (Å²) in [4.78, 5) is 42.0. The number of hydrogen-bond acceptors (Lipinski definition) is 4. The molecule has 3 amide bonds. The lowest BCUT2D eigenvalue weighted by Gasteiger charge is -2.19. The SMILES string of the molecule is Cc1ccc(C)c(N2C(=O)c3ccc(C(=O)NCCCN(C)c4ccccc4)cc3C2=O)c1. The third-order valence-corrected chi connectivity index (χ3v) is 5.91. The van der Waals surface area contributed by atoms with Gasteiger partial charge < -0.3 is 10.2 Å². The van der Waals surface area contributed by atoms with Gasteiger partial charge in [0.15, 0.2) is 0 Å². The van der Waals surface area contributed by atoms with Crippen molar-refractivity contribution in [1.29, 1.82) is 0 Å². The summed E-state index contributed by atoms with van der Waals surface area (Å²) in [6, 6.07) is 20.4. The molecule has 0 saturated carbocycles. The number of nitrogens with zero attached hydrogens (tertiary/aromatic N) is 2. The minimum absolute atomic E-state index is 0.259. The van der Waals surface area contributed by atoms with Crippen LogP contribution in [0, 0.1) is 13.8 Å². The molecule has 1 heterocycles. The topological polar surface area (TPSA) is 69.7 Å².